The van der Waals surface area contributed by atoms with E-state index in [1.165, 1.54) is 0 Å². The first kappa shape index (κ1) is 11.4. The molecule has 0 amide bonds. The molecule has 1 N–H and O–H groups in total. The second kappa shape index (κ2) is 5.30. The Labute approximate surface area is 103 Å². The maximum atomic E-state index is 9.07. The van der Waals surface area contributed by atoms with Crippen molar-refractivity contribution >= 4 is 21.6 Å². The molecule has 1 aliphatic heterocycles. The van der Waals surface area contributed by atoms with Crippen LogP contribution in [0, 0.1) is 11.3 Å². The molecule has 1 saturated heterocycles. The SMILES string of the molecule is N#Cc1c(Br)cccc1NN1CCOCC1. The first-order valence-corrected chi connectivity index (χ1v) is 5.88. The number of anilines is 1. The quantitative estimate of drug-likeness (QED) is 0.901. The fourth-order valence-electron chi connectivity index (χ4n) is 1.58. The van der Waals surface area contributed by atoms with E-state index in [0.29, 0.717) is 5.56 Å². The molecule has 0 spiro atoms. The van der Waals surface area contributed by atoms with Crippen molar-refractivity contribution in [1.29, 1.82) is 5.26 Å². The van der Waals surface area contributed by atoms with E-state index in [9.17, 15) is 0 Å². The smallest absolute Gasteiger partial charge is 0.103 e. The van der Waals surface area contributed by atoms with E-state index in [1.807, 2.05) is 18.2 Å². The molecule has 0 aromatic heterocycles. The summed E-state index contributed by atoms with van der Waals surface area (Å²) in [6.45, 7) is 3.11. The van der Waals surface area contributed by atoms with E-state index < -0.39 is 0 Å². The molecule has 1 aromatic carbocycles. The van der Waals surface area contributed by atoms with E-state index >= 15 is 0 Å². The third kappa shape index (κ3) is 2.53. The number of halogens is 1. The normalized spacial score (nSPS) is 16.8. The van der Waals surface area contributed by atoms with E-state index in [1.54, 1.807) is 0 Å². The average molecular weight is 282 g/mol. The van der Waals surface area contributed by atoms with Crippen molar-refractivity contribution < 1.29 is 4.74 Å². The molecule has 0 bridgehead atoms. The summed E-state index contributed by atoms with van der Waals surface area (Å²) in [7, 11) is 0. The summed E-state index contributed by atoms with van der Waals surface area (Å²) in [6.07, 6.45) is 0. The molecule has 5 heteroatoms. The van der Waals surface area contributed by atoms with Crippen molar-refractivity contribution in [3.8, 4) is 6.07 Å². The van der Waals surface area contributed by atoms with Crippen molar-refractivity contribution in [2.75, 3.05) is 31.7 Å². The molecule has 0 saturated carbocycles. The Kier molecular flexibility index (Phi) is 3.78. The standard InChI is InChI=1S/C11H12BrN3O/c12-10-2-1-3-11(9(10)8-13)14-15-4-6-16-7-5-15/h1-3,14H,4-7H2. The molecule has 1 heterocycles. The van der Waals surface area contributed by atoms with Gasteiger partial charge in [-0.1, -0.05) is 6.07 Å². The number of benzene rings is 1. The summed E-state index contributed by atoms with van der Waals surface area (Å²) in [6, 6.07) is 7.86. The Morgan fingerprint density at radius 1 is 1.38 bits per heavy atom. The van der Waals surface area contributed by atoms with Crippen LogP contribution < -0.4 is 5.43 Å². The van der Waals surface area contributed by atoms with Gasteiger partial charge in [-0.3, -0.25) is 0 Å². The average Bonchev–Trinajstić information content (AvgIpc) is 2.31. The number of nitriles is 1. The Hall–Kier alpha value is -1.09. The second-order valence-electron chi connectivity index (χ2n) is 3.49. The molecule has 0 aliphatic carbocycles. The summed E-state index contributed by atoms with van der Waals surface area (Å²) in [5.74, 6) is 0. The molecule has 16 heavy (non-hydrogen) atoms. The molecule has 0 atom stereocenters. The van der Waals surface area contributed by atoms with Crippen molar-refractivity contribution in [2.24, 2.45) is 0 Å². The first-order valence-electron chi connectivity index (χ1n) is 5.09. The van der Waals surface area contributed by atoms with Crippen LogP contribution in [0.25, 0.3) is 0 Å². The molecular formula is C11H12BrN3O. The summed E-state index contributed by atoms with van der Waals surface area (Å²) < 4.78 is 6.07. The van der Waals surface area contributed by atoms with Crippen LogP contribution in [0.3, 0.4) is 0 Å². The highest BCUT2D eigenvalue weighted by molar-refractivity contribution is 9.10. The summed E-state index contributed by atoms with van der Waals surface area (Å²) >= 11 is 3.37. The molecule has 1 aromatic rings. The van der Waals surface area contributed by atoms with Crippen LogP contribution in [-0.2, 0) is 4.74 Å². The lowest BCUT2D eigenvalue weighted by Gasteiger charge is -2.28. The number of ether oxygens (including phenoxy) is 1. The minimum absolute atomic E-state index is 0.633. The number of rotatable bonds is 2. The van der Waals surface area contributed by atoms with Crippen LogP contribution in [0.2, 0.25) is 0 Å². The van der Waals surface area contributed by atoms with Gasteiger partial charge < -0.3 is 10.2 Å². The zero-order valence-corrected chi connectivity index (χ0v) is 10.3. The largest absolute Gasteiger partial charge is 0.379 e. The Bertz CT molecular complexity index is 410. The number of hydrazine groups is 1. The van der Waals surface area contributed by atoms with Gasteiger partial charge in [-0.15, -0.1) is 0 Å². The zero-order chi connectivity index (χ0) is 11.4. The topological polar surface area (TPSA) is 48.3 Å². The van der Waals surface area contributed by atoms with E-state index in [0.717, 1.165) is 36.5 Å². The van der Waals surface area contributed by atoms with Gasteiger partial charge in [0.25, 0.3) is 0 Å². The van der Waals surface area contributed by atoms with Gasteiger partial charge in [-0.05, 0) is 28.1 Å². The maximum Gasteiger partial charge on any atom is 0.103 e. The maximum absolute atomic E-state index is 9.07. The number of hydrogen-bond donors (Lipinski definition) is 1. The van der Waals surface area contributed by atoms with Crippen molar-refractivity contribution in [2.45, 2.75) is 0 Å². The van der Waals surface area contributed by atoms with Gasteiger partial charge in [-0.25, -0.2) is 5.01 Å². The third-order valence-electron chi connectivity index (χ3n) is 2.42. The Morgan fingerprint density at radius 3 is 2.81 bits per heavy atom. The molecular weight excluding hydrogens is 270 g/mol. The van der Waals surface area contributed by atoms with E-state index in [4.69, 9.17) is 10.00 Å². The lowest BCUT2D eigenvalue weighted by atomic mass is 10.2. The van der Waals surface area contributed by atoms with Crippen molar-refractivity contribution in [3.63, 3.8) is 0 Å². The number of nitrogens with one attached hydrogen (secondary N) is 1. The highest BCUT2D eigenvalue weighted by atomic mass is 79.9. The Balaban J connectivity index is 2.14. The van der Waals surface area contributed by atoms with Gasteiger partial charge in [-0.2, -0.15) is 5.26 Å². The molecule has 0 radical (unpaired) electrons. The van der Waals surface area contributed by atoms with Crippen LogP contribution in [0.5, 0.6) is 0 Å². The van der Waals surface area contributed by atoms with Gasteiger partial charge in [0.05, 0.1) is 24.5 Å². The Morgan fingerprint density at radius 2 is 2.12 bits per heavy atom. The van der Waals surface area contributed by atoms with Gasteiger partial charge in [0.1, 0.15) is 6.07 Å². The van der Waals surface area contributed by atoms with Gasteiger partial charge in [0, 0.05) is 17.6 Å². The van der Waals surface area contributed by atoms with Crippen molar-refractivity contribution in [3.05, 3.63) is 28.2 Å². The molecule has 4 nitrogen and oxygen atoms in total. The highest BCUT2D eigenvalue weighted by Crippen LogP contribution is 2.24. The van der Waals surface area contributed by atoms with Crippen LogP contribution in [0.15, 0.2) is 22.7 Å². The number of hydrogen-bond acceptors (Lipinski definition) is 4. The van der Waals surface area contributed by atoms with Crippen LogP contribution >= 0.6 is 15.9 Å². The molecule has 0 unspecified atom stereocenters. The fraction of sp³-hybridized carbons (Fsp3) is 0.364. The minimum atomic E-state index is 0.633. The van der Waals surface area contributed by atoms with Gasteiger partial charge >= 0.3 is 0 Å². The number of nitrogens with zero attached hydrogens (tertiary/aromatic N) is 2. The molecule has 1 fully saturated rings. The predicted octanol–water partition coefficient (Wildman–Crippen LogP) is 1.98. The minimum Gasteiger partial charge on any atom is -0.379 e. The highest BCUT2D eigenvalue weighted by Gasteiger charge is 2.12. The van der Waals surface area contributed by atoms with Gasteiger partial charge in [0.2, 0.25) is 0 Å². The summed E-state index contributed by atoms with van der Waals surface area (Å²) in [4.78, 5) is 0. The lowest BCUT2D eigenvalue weighted by Crippen LogP contribution is -2.40. The van der Waals surface area contributed by atoms with Crippen LogP contribution in [0.4, 0.5) is 5.69 Å². The molecule has 84 valence electrons. The predicted molar refractivity (Wildman–Crippen MR) is 64.9 cm³/mol. The van der Waals surface area contributed by atoms with Gasteiger partial charge in [0.15, 0.2) is 0 Å². The lowest BCUT2D eigenvalue weighted by molar-refractivity contribution is 0.0497. The monoisotopic (exact) mass is 281 g/mol. The molecule has 1 aliphatic rings. The summed E-state index contributed by atoms with van der Waals surface area (Å²) in [5.41, 5.74) is 4.71. The fourth-order valence-corrected chi connectivity index (χ4v) is 2.03. The number of morpholine rings is 1. The van der Waals surface area contributed by atoms with Crippen molar-refractivity contribution in [1.82, 2.24) is 5.01 Å². The summed E-state index contributed by atoms with van der Waals surface area (Å²) in [5, 5.41) is 11.1. The molecule has 2 rings (SSSR count). The van der Waals surface area contributed by atoms with E-state index in [-0.39, 0.29) is 0 Å². The van der Waals surface area contributed by atoms with E-state index in [2.05, 4.69) is 32.4 Å². The van der Waals surface area contributed by atoms with Crippen LogP contribution in [0.1, 0.15) is 5.56 Å². The zero-order valence-electron chi connectivity index (χ0n) is 8.74. The third-order valence-corrected chi connectivity index (χ3v) is 3.08. The first-order chi connectivity index (χ1) is 7.81. The van der Waals surface area contributed by atoms with Crippen LogP contribution in [-0.4, -0.2) is 31.3 Å². The second-order valence-corrected chi connectivity index (χ2v) is 4.34.